The number of nitrogens with one attached hydrogen (secondary N) is 2. The van der Waals surface area contributed by atoms with Crippen LogP contribution < -0.4 is 10.6 Å². The maximum Gasteiger partial charge on any atom is 0.401 e. The van der Waals surface area contributed by atoms with Gasteiger partial charge in [0, 0.05) is 26.2 Å². The van der Waals surface area contributed by atoms with Crippen LogP contribution in [-0.2, 0) is 13.1 Å². The fourth-order valence-corrected chi connectivity index (χ4v) is 3.21. The van der Waals surface area contributed by atoms with Gasteiger partial charge in [-0.15, -0.1) is 24.0 Å². The summed E-state index contributed by atoms with van der Waals surface area (Å²) >= 11 is 0. The van der Waals surface area contributed by atoms with Gasteiger partial charge < -0.3 is 10.6 Å². The zero-order valence-electron chi connectivity index (χ0n) is 17.3. The lowest BCUT2D eigenvalue weighted by atomic mass is 10.1. The predicted molar refractivity (Wildman–Crippen MR) is 123 cm³/mol. The largest absolute Gasteiger partial charge is 0.401 e. The predicted octanol–water partition coefficient (Wildman–Crippen LogP) is 3.45. The van der Waals surface area contributed by atoms with E-state index in [4.69, 9.17) is 0 Å². The van der Waals surface area contributed by atoms with Crippen molar-refractivity contribution in [2.75, 3.05) is 46.3 Å². The third kappa shape index (κ3) is 11.0. The lowest BCUT2D eigenvalue weighted by Crippen LogP contribution is -2.42. The van der Waals surface area contributed by atoms with E-state index >= 15 is 0 Å². The van der Waals surface area contributed by atoms with E-state index < -0.39 is 12.7 Å². The van der Waals surface area contributed by atoms with E-state index in [1.807, 2.05) is 6.92 Å². The van der Waals surface area contributed by atoms with Crippen LogP contribution in [0.5, 0.6) is 0 Å². The average Bonchev–Trinajstić information content (AvgIpc) is 3.12. The van der Waals surface area contributed by atoms with Gasteiger partial charge in [0.25, 0.3) is 0 Å². The summed E-state index contributed by atoms with van der Waals surface area (Å²) in [4.78, 5) is 8.25. The summed E-state index contributed by atoms with van der Waals surface area (Å²) in [6.45, 7) is 6.31. The lowest BCUT2D eigenvalue weighted by molar-refractivity contribution is -0.142. The number of guanidine groups is 1. The Kier molecular flexibility index (Phi) is 11.9. The maximum absolute atomic E-state index is 12.4. The molecule has 1 saturated heterocycles. The van der Waals surface area contributed by atoms with Crippen molar-refractivity contribution in [3.05, 3.63) is 35.4 Å². The van der Waals surface area contributed by atoms with Gasteiger partial charge in [0.2, 0.25) is 0 Å². The minimum atomic E-state index is -4.17. The first kappa shape index (κ1) is 26.0. The smallest absolute Gasteiger partial charge is 0.357 e. The van der Waals surface area contributed by atoms with Crippen molar-refractivity contribution >= 4 is 29.9 Å². The van der Waals surface area contributed by atoms with Crippen molar-refractivity contribution in [2.45, 2.75) is 39.0 Å². The van der Waals surface area contributed by atoms with Gasteiger partial charge in [-0.2, -0.15) is 13.2 Å². The molecule has 2 N–H and O–H groups in total. The molecule has 0 spiro atoms. The highest BCUT2D eigenvalue weighted by atomic mass is 127. The second kappa shape index (κ2) is 13.3. The molecule has 0 radical (unpaired) electrons. The van der Waals surface area contributed by atoms with E-state index in [0.29, 0.717) is 25.6 Å². The number of benzene rings is 1. The van der Waals surface area contributed by atoms with Crippen molar-refractivity contribution < 1.29 is 13.2 Å². The van der Waals surface area contributed by atoms with Crippen LogP contribution in [-0.4, -0.2) is 68.3 Å². The monoisotopic (exact) mass is 527 g/mol. The third-order valence-electron chi connectivity index (χ3n) is 4.63. The highest BCUT2D eigenvalue weighted by Crippen LogP contribution is 2.15. The molecule has 0 unspecified atom stereocenters. The molecule has 29 heavy (non-hydrogen) atoms. The van der Waals surface area contributed by atoms with Crippen LogP contribution >= 0.6 is 24.0 Å². The normalized spacial score (nSPS) is 15.4. The fourth-order valence-electron chi connectivity index (χ4n) is 3.21. The zero-order valence-corrected chi connectivity index (χ0v) is 19.6. The van der Waals surface area contributed by atoms with Gasteiger partial charge in [-0.05, 0) is 51.0 Å². The van der Waals surface area contributed by atoms with Crippen LogP contribution in [0.4, 0.5) is 13.2 Å². The minimum absolute atomic E-state index is 0. The van der Waals surface area contributed by atoms with E-state index in [-0.39, 0.29) is 30.5 Å². The molecule has 5 nitrogen and oxygen atoms in total. The fraction of sp³-hybridized carbons (Fsp3) is 0.650. The summed E-state index contributed by atoms with van der Waals surface area (Å²) in [5.74, 6) is 0.615. The van der Waals surface area contributed by atoms with Crippen molar-refractivity contribution in [3.8, 4) is 0 Å². The second-order valence-electron chi connectivity index (χ2n) is 7.27. The van der Waals surface area contributed by atoms with Gasteiger partial charge in [0.15, 0.2) is 5.96 Å². The molecule has 1 aliphatic heterocycles. The van der Waals surface area contributed by atoms with Gasteiger partial charge in [-0.3, -0.25) is 9.80 Å². The van der Waals surface area contributed by atoms with Crippen molar-refractivity contribution in [2.24, 2.45) is 4.99 Å². The average molecular weight is 527 g/mol. The molecule has 0 amide bonds. The van der Waals surface area contributed by atoms with Crippen LogP contribution in [0.1, 0.15) is 30.9 Å². The van der Waals surface area contributed by atoms with Gasteiger partial charge >= 0.3 is 6.18 Å². The first-order valence-electron chi connectivity index (χ1n) is 9.93. The van der Waals surface area contributed by atoms with E-state index in [1.54, 1.807) is 0 Å². The van der Waals surface area contributed by atoms with Crippen LogP contribution in [0.25, 0.3) is 0 Å². The molecule has 9 heteroatoms. The van der Waals surface area contributed by atoms with E-state index in [2.05, 4.69) is 44.8 Å². The van der Waals surface area contributed by atoms with E-state index in [9.17, 15) is 13.2 Å². The van der Waals surface area contributed by atoms with E-state index in [1.165, 1.54) is 43.4 Å². The number of likely N-dealkylation sites (tertiary alicyclic amines) is 1. The summed E-state index contributed by atoms with van der Waals surface area (Å²) in [5, 5.41) is 6.22. The van der Waals surface area contributed by atoms with Gasteiger partial charge in [0.1, 0.15) is 0 Å². The number of rotatable bonds is 9. The van der Waals surface area contributed by atoms with Crippen LogP contribution in [0.2, 0.25) is 0 Å². The second-order valence-corrected chi connectivity index (χ2v) is 7.27. The molecule has 2 rings (SSSR count). The molecular formula is C20H33F3IN5. The quantitative estimate of drug-likeness (QED) is 0.294. The Morgan fingerprint density at radius 3 is 2.31 bits per heavy atom. The molecule has 1 heterocycles. The summed E-state index contributed by atoms with van der Waals surface area (Å²) < 4.78 is 37.1. The molecule has 0 bridgehead atoms. The van der Waals surface area contributed by atoms with Crippen LogP contribution in [0, 0.1) is 0 Å². The Morgan fingerprint density at radius 2 is 1.72 bits per heavy atom. The highest BCUT2D eigenvalue weighted by Gasteiger charge is 2.28. The molecule has 0 saturated carbocycles. The minimum Gasteiger partial charge on any atom is -0.357 e. The van der Waals surface area contributed by atoms with Crippen molar-refractivity contribution in [3.63, 3.8) is 0 Å². The summed E-state index contributed by atoms with van der Waals surface area (Å²) in [6.07, 6.45) is -1.59. The molecule has 0 aliphatic carbocycles. The molecule has 1 aromatic carbocycles. The number of nitrogens with zero attached hydrogens (tertiary/aromatic N) is 3. The molecule has 166 valence electrons. The molecular weight excluding hydrogens is 494 g/mol. The van der Waals surface area contributed by atoms with Crippen molar-refractivity contribution in [1.82, 2.24) is 20.4 Å². The zero-order chi connectivity index (χ0) is 20.4. The number of hydrogen-bond donors (Lipinski definition) is 2. The Hall–Kier alpha value is -1.07. The first-order valence-corrected chi connectivity index (χ1v) is 9.93. The SMILES string of the molecule is CCNC(=NCc1ccc(CN2CCCC2)cc1)NCCN(C)CC(F)(F)F.I. The topological polar surface area (TPSA) is 42.9 Å². The molecule has 0 atom stereocenters. The summed E-state index contributed by atoms with van der Waals surface area (Å²) in [6, 6.07) is 8.48. The molecule has 1 aliphatic rings. The number of aliphatic imine (C=N–C) groups is 1. The number of hydrogen-bond acceptors (Lipinski definition) is 3. The van der Waals surface area contributed by atoms with Gasteiger partial charge in [-0.1, -0.05) is 24.3 Å². The lowest BCUT2D eigenvalue weighted by Gasteiger charge is -2.19. The molecule has 0 aromatic heterocycles. The molecule has 1 aromatic rings. The Bertz CT molecular complexity index is 601. The summed E-state index contributed by atoms with van der Waals surface area (Å²) in [5.41, 5.74) is 2.42. The number of alkyl halides is 3. The van der Waals surface area contributed by atoms with Crippen molar-refractivity contribution in [1.29, 1.82) is 0 Å². The maximum atomic E-state index is 12.4. The summed E-state index contributed by atoms with van der Waals surface area (Å²) in [7, 11) is 1.46. The Labute approximate surface area is 189 Å². The highest BCUT2D eigenvalue weighted by molar-refractivity contribution is 14.0. The van der Waals surface area contributed by atoms with Crippen LogP contribution in [0.15, 0.2) is 29.3 Å². The third-order valence-corrected chi connectivity index (χ3v) is 4.63. The van der Waals surface area contributed by atoms with E-state index in [0.717, 1.165) is 12.1 Å². The standard InChI is InChI=1S/C20H32F3N5.HI/c1-3-24-19(25-10-13-27(2)16-20(21,22)23)26-14-17-6-8-18(9-7-17)15-28-11-4-5-12-28;/h6-9H,3-5,10-16H2,1-2H3,(H2,24,25,26);1H. The van der Waals surface area contributed by atoms with Gasteiger partial charge in [-0.25, -0.2) is 4.99 Å². The Morgan fingerprint density at radius 1 is 1.10 bits per heavy atom. The number of halogens is 4. The molecule has 1 fully saturated rings. The van der Waals surface area contributed by atoms with Crippen LogP contribution in [0.3, 0.4) is 0 Å². The first-order chi connectivity index (χ1) is 13.4. The number of likely N-dealkylation sites (N-methyl/N-ethyl adjacent to an activating group) is 1. The Balaban J connectivity index is 0.00000420. The van der Waals surface area contributed by atoms with Gasteiger partial charge in [0.05, 0.1) is 13.1 Å².